The zero-order valence-electron chi connectivity index (χ0n) is 13.7. The third kappa shape index (κ3) is 3.91. The third-order valence-corrected chi connectivity index (χ3v) is 3.94. The van der Waals surface area contributed by atoms with E-state index in [2.05, 4.69) is 4.98 Å². The summed E-state index contributed by atoms with van der Waals surface area (Å²) >= 11 is 0. The second kappa shape index (κ2) is 7.25. The lowest BCUT2D eigenvalue weighted by atomic mass is 10.2. The molecule has 128 valence electrons. The number of carbonyl (C=O) groups excluding carboxylic acids is 1. The van der Waals surface area contributed by atoms with Crippen molar-refractivity contribution >= 4 is 16.9 Å². The highest BCUT2D eigenvalue weighted by atomic mass is 19.1. The van der Waals surface area contributed by atoms with Gasteiger partial charge in [0.15, 0.2) is 0 Å². The number of benzene rings is 2. The van der Waals surface area contributed by atoms with Crippen LogP contribution in [0.1, 0.15) is 17.8 Å². The Balaban J connectivity index is 1.64. The summed E-state index contributed by atoms with van der Waals surface area (Å²) in [6.07, 6.45) is 0.415. The van der Waals surface area contributed by atoms with Crippen LogP contribution in [0.4, 0.5) is 4.39 Å². The molecule has 25 heavy (non-hydrogen) atoms. The first-order valence-corrected chi connectivity index (χ1v) is 7.89. The maximum absolute atomic E-state index is 12.8. The number of para-hydroxylation sites is 1. The number of fused-ring (bicyclic) bond motifs is 1. The predicted octanol–water partition coefficient (Wildman–Crippen LogP) is 2.75. The van der Waals surface area contributed by atoms with Crippen LogP contribution in [0.5, 0.6) is 0 Å². The summed E-state index contributed by atoms with van der Waals surface area (Å²) in [5.74, 6) is -0.201. The first kappa shape index (κ1) is 16.8. The van der Waals surface area contributed by atoms with E-state index in [1.54, 1.807) is 37.4 Å². The smallest absolute Gasteiger partial charge is 0.306 e. The number of rotatable bonds is 5. The second-order valence-corrected chi connectivity index (χ2v) is 5.70. The van der Waals surface area contributed by atoms with Gasteiger partial charge in [-0.25, -0.2) is 9.37 Å². The van der Waals surface area contributed by atoms with Crippen molar-refractivity contribution in [2.45, 2.75) is 19.4 Å². The van der Waals surface area contributed by atoms with Gasteiger partial charge in [0.1, 0.15) is 18.2 Å². The average molecular weight is 340 g/mol. The SMILES string of the molecule is Cn1c(CCC(=O)OCc2ccc(F)cc2)nc2ccccc2c1=O. The van der Waals surface area contributed by atoms with Crippen LogP contribution in [0.2, 0.25) is 0 Å². The van der Waals surface area contributed by atoms with Crippen molar-refractivity contribution < 1.29 is 13.9 Å². The van der Waals surface area contributed by atoms with Gasteiger partial charge in [0, 0.05) is 13.5 Å². The van der Waals surface area contributed by atoms with Crippen LogP contribution >= 0.6 is 0 Å². The summed E-state index contributed by atoms with van der Waals surface area (Å²) in [6.45, 7) is 0.0865. The lowest BCUT2D eigenvalue weighted by Gasteiger charge is -2.09. The molecule has 3 aromatic rings. The summed E-state index contributed by atoms with van der Waals surface area (Å²) in [4.78, 5) is 28.7. The molecule has 5 nitrogen and oxygen atoms in total. The molecule has 0 aliphatic heterocycles. The molecule has 0 unspecified atom stereocenters. The molecule has 3 rings (SSSR count). The van der Waals surface area contributed by atoms with Crippen molar-refractivity contribution in [2.75, 3.05) is 0 Å². The summed E-state index contributed by atoms with van der Waals surface area (Å²) in [5, 5.41) is 0.549. The highest BCUT2D eigenvalue weighted by Crippen LogP contribution is 2.09. The Labute approximate surface area is 143 Å². The fourth-order valence-corrected chi connectivity index (χ4v) is 2.52. The number of halogens is 1. The van der Waals surface area contributed by atoms with E-state index >= 15 is 0 Å². The molecule has 1 aromatic heterocycles. The van der Waals surface area contributed by atoms with Gasteiger partial charge in [0.2, 0.25) is 0 Å². The molecular weight excluding hydrogens is 323 g/mol. The number of hydrogen-bond donors (Lipinski definition) is 0. The summed E-state index contributed by atoms with van der Waals surface area (Å²) in [5.41, 5.74) is 1.19. The van der Waals surface area contributed by atoms with Crippen LogP contribution in [0, 0.1) is 5.82 Å². The molecule has 0 aliphatic rings. The largest absolute Gasteiger partial charge is 0.461 e. The standard InChI is InChI=1S/C19H17FN2O3/c1-22-17(21-16-5-3-2-4-15(16)19(22)24)10-11-18(23)25-12-13-6-8-14(20)9-7-13/h2-9H,10-12H2,1H3. The van der Waals surface area contributed by atoms with E-state index in [-0.39, 0.29) is 24.4 Å². The van der Waals surface area contributed by atoms with Gasteiger partial charge in [0.25, 0.3) is 5.56 Å². The van der Waals surface area contributed by atoms with E-state index in [1.807, 2.05) is 6.07 Å². The lowest BCUT2D eigenvalue weighted by Crippen LogP contribution is -2.23. The number of aromatic nitrogens is 2. The zero-order valence-corrected chi connectivity index (χ0v) is 13.7. The molecule has 0 N–H and O–H groups in total. The molecule has 6 heteroatoms. The van der Waals surface area contributed by atoms with Crippen molar-refractivity contribution in [1.29, 1.82) is 0 Å². The van der Waals surface area contributed by atoms with E-state index < -0.39 is 5.97 Å². The molecule has 0 bridgehead atoms. The Hall–Kier alpha value is -3.02. The van der Waals surface area contributed by atoms with E-state index in [9.17, 15) is 14.0 Å². The Bertz CT molecular complexity index is 965. The minimum atomic E-state index is -0.397. The van der Waals surface area contributed by atoms with Crippen LogP contribution in [-0.4, -0.2) is 15.5 Å². The monoisotopic (exact) mass is 340 g/mol. The van der Waals surface area contributed by atoms with Gasteiger partial charge < -0.3 is 4.74 Å². The van der Waals surface area contributed by atoms with E-state index in [4.69, 9.17) is 4.74 Å². The Morgan fingerprint density at radius 2 is 1.88 bits per heavy atom. The number of nitrogens with zero attached hydrogens (tertiary/aromatic N) is 2. The topological polar surface area (TPSA) is 61.2 Å². The predicted molar refractivity (Wildman–Crippen MR) is 91.5 cm³/mol. The molecule has 0 atom stereocenters. The van der Waals surface area contributed by atoms with Gasteiger partial charge in [0.05, 0.1) is 17.3 Å². The van der Waals surface area contributed by atoms with Crippen molar-refractivity contribution in [3.05, 3.63) is 76.1 Å². The minimum absolute atomic E-state index is 0.0865. The van der Waals surface area contributed by atoms with Gasteiger partial charge in [-0.05, 0) is 29.8 Å². The number of ether oxygens (including phenoxy) is 1. The first-order chi connectivity index (χ1) is 12.0. The number of esters is 1. The number of carbonyl (C=O) groups is 1. The molecule has 0 amide bonds. The van der Waals surface area contributed by atoms with Gasteiger partial charge in [-0.3, -0.25) is 14.2 Å². The van der Waals surface area contributed by atoms with Crippen LogP contribution in [-0.2, 0) is 29.6 Å². The maximum Gasteiger partial charge on any atom is 0.306 e. The van der Waals surface area contributed by atoms with Crippen LogP contribution in [0.25, 0.3) is 10.9 Å². The molecule has 0 saturated heterocycles. The molecule has 0 spiro atoms. The van der Waals surface area contributed by atoms with E-state index in [0.717, 1.165) is 0 Å². The van der Waals surface area contributed by atoms with Gasteiger partial charge in [-0.1, -0.05) is 24.3 Å². The van der Waals surface area contributed by atoms with Crippen molar-refractivity contribution in [3.63, 3.8) is 0 Å². The second-order valence-electron chi connectivity index (χ2n) is 5.70. The third-order valence-electron chi connectivity index (χ3n) is 3.94. The lowest BCUT2D eigenvalue weighted by molar-refractivity contribution is -0.144. The maximum atomic E-state index is 12.8. The summed E-state index contributed by atoms with van der Waals surface area (Å²) < 4.78 is 19.5. The molecule has 0 aliphatic carbocycles. The van der Waals surface area contributed by atoms with Crippen molar-refractivity contribution in [2.24, 2.45) is 7.05 Å². The molecular formula is C19H17FN2O3. The molecule has 1 heterocycles. The van der Waals surface area contributed by atoms with E-state index in [0.29, 0.717) is 28.7 Å². The van der Waals surface area contributed by atoms with Crippen molar-refractivity contribution in [3.8, 4) is 0 Å². The summed E-state index contributed by atoms with van der Waals surface area (Å²) in [6, 6.07) is 12.9. The quantitative estimate of drug-likeness (QED) is 0.670. The average Bonchev–Trinajstić information content (AvgIpc) is 2.63. The fourth-order valence-electron chi connectivity index (χ4n) is 2.52. The normalized spacial score (nSPS) is 10.8. The van der Waals surface area contributed by atoms with Gasteiger partial charge >= 0.3 is 5.97 Å². The van der Waals surface area contributed by atoms with Gasteiger partial charge in [-0.2, -0.15) is 0 Å². The van der Waals surface area contributed by atoms with Crippen LogP contribution in [0.15, 0.2) is 53.3 Å². The Kier molecular flexibility index (Phi) is 4.88. The molecule has 0 fully saturated rings. The van der Waals surface area contributed by atoms with Crippen LogP contribution < -0.4 is 5.56 Å². The first-order valence-electron chi connectivity index (χ1n) is 7.89. The Morgan fingerprint density at radius 3 is 2.64 bits per heavy atom. The van der Waals surface area contributed by atoms with E-state index in [1.165, 1.54) is 16.7 Å². The fraction of sp³-hybridized carbons (Fsp3) is 0.211. The highest BCUT2D eigenvalue weighted by Gasteiger charge is 2.11. The van der Waals surface area contributed by atoms with Crippen molar-refractivity contribution in [1.82, 2.24) is 9.55 Å². The highest BCUT2D eigenvalue weighted by molar-refractivity contribution is 5.77. The van der Waals surface area contributed by atoms with Gasteiger partial charge in [-0.15, -0.1) is 0 Å². The molecule has 2 aromatic carbocycles. The Morgan fingerprint density at radius 1 is 1.16 bits per heavy atom. The molecule has 0 radical (unpaired) electrons. The minimum Gasteiger partial charge on any atom is -0.461 e. The molecule has 0 saturated carbocycles. The number of hydrogen-bond acceptors (Lipinski definition) is 4. The summed E-state index contributed by atoms with van der Waals surface area (Å²) in [7, 11) is 1.64. The van der Waals surface area contributed by atoms with Crippen LogP contribution in [0.3, 0.4) is 0 Å². The zero-order chi connectivity index (χ0) is 17.8. The number of aryl methyl sites for hydroxylation is 1.